The molecule has 1 N–H and O–H groups in total. The maximum atomic E-state index is 13.0. The molecule has 0 saturated carbocycles. The van der Waals surface area contributed by atoms with Gasteiger partial charge in [0.2, 0.25) is 0 Å². The van der Waals surface area contributed by atoms with Gasteiger partial charge >= 0.3 is 5.97 Å². The molecule has 2 aromatic carbocycles. The van der Waals surface area contributed by atoms with E-state index in [0.717, 1.165) is 10.8 Å². The molecule has 0 bridgehead atoms. The van der Waals surface area contributed by atoms with Crippen molar-refractivity contribution in [1.82, 2.24) is 0 Å². The van der Waals surface area contributed by atoms with E-state index in [4.69, 9.17) is 9.52 Å². The molecular weight excluding hydrogens is 223 g/mol. The second-order valence-corrected chi connectivity index (χ2v) is 3.76. The molecule has 17 heavy (non-hydrogen) atoms. The minimum absolute atomic E-state index is 0.150. The fourth-order valence-electron chi connectivity index (χ4n) is 1.88. The Labute approximate surface area is 95.1 Å². The molecule has 0 spiro atoms. The third-order valence-corrected chi connectivity index (χ3v) is 2.68. The first-order valence-electron chi connectivity index (χ1n) is 5.00. The van der Waals surface area contributed by atoms with Crippen molar-refractivity contribution in [2.45, 2.75) is 0 Å². The van der Waals surface area contributed by atoms with Crippen LogP contribution in [0.25, 0.3) is 21.9 Å². The molecule has 0 amide bonds. The van der Waals surface area contributed by atoms with E-state index in [1.165, 1.54) is 24.3 Å². The van der Waals surface area contributed by atoms with E-state index in [-0.39, 0.29) is 11.4 Å². The quantitative estimate of drug-likeness (QED) is 0.696. The molecule has 1 heterocycles. The Bertz CT molecular complexity index is 743. The van der Waals surface area contributed by atoms with Gasteiger partial charge in [-0.2, -0.15) is 0 Å². The highest BCUT2D eigenvalue weighted by Gasteiger charge is 2.10. The zero-order valence-electron chi connectivity index (χ0n) is 8.61. The second kappa shape index (κ2) is 3.31. The summed E-state index contributed by atoms with van der Waals surface area (Å²) in [7, 11) is 0. The lowest BCUT2D eigenvalue weighted by Gasteiger charge is -1.93. The third kappa shape index (κ3) is 1.45. The molecule has 84 valence electrons. The van der Waals surface area contributed by atoms with Crippen molar-refractivity contribution in [1.29, 1.82) is 0 Å². The molecule has 0 aliphatic carbocycles. The van der Waals surface area contributed by atoms with Crippen molar-refractivity contribution in [3.63, 3.8) is 0 Å². The van der Waals surface area contributed by atoms with Crippen LogP contribution in [0.5, 0.6) is 0 Å². The largest absolute Gasteiger partial charge is 0.478 e. The van der Waals surface area contributed by atoms with Gasteiger partial charge in [-0.05, 0) is 30.3 Å². The number of benzene rings is 2. The zero-order chi connectivity index (χ0) is 12.0. The Kier molecular flexibility index (Phi) is 1.92. The Morgan fingerprint density at radius 2 is 1.71 bits per heavy atom. The van der Waals surface area contributed by atoms with Gasteiger partial charge < -0.3 is 9.52 Å². The molecule has 0 radical (unpaired) electrons. The monoisotopic (exact) mass is 230 g/mol. The molecule has 0 fully saturated rings. The van der Waals surface area contributed by atoms with Gasteiger partial charge in [-0.1, -0.05) is 0 Å². The first-order valence-corrected chi connectivity index (χ1v) is 5.00. The van der Waals surface area contributed by atoms with Gasteiger partial charge in [-0.3, -0.25) is 0 Å². The van der Waals surface area contributed by atoms with E-state index in [0.29, 0.717) is 11.2 Å². The standard InChI is InChI=1S/C13H7FO3/c14-8-2-4-10-9-3-1-7(13(15)16)5-11(9)17-12(10)6-8/h1-6H,(H,15,16). The number of aromatic carboxylic acids is 1. The molecule has 3 aromatic rings. The summed E-state index contributed by atoms with van der Waals surface area (Å²) in [5, 5.41) is 10.4. The number of carboxylic acid groups (broad SMARTS) is 1. The van der Waals surface area contributed by atoms with Gasteiger partial charge in [-0.25, -0.2) is 9.18 Å². The molecule has 1 aromatic heterocycles. The summed E-state index contributed by atoms with van der Waals surface area (Å²) in [6.45, 7) is 0. The molecule has 4 heteroatoms. The Hall–Kier alpha value is -2.36. The van der Waals surface area contributed by atoms with Crippen molar-refractivity contribution >= 4 is 27.9 Å². The highest BCUT2D eigenvalue weighted by atomic mass is 19.1. The molecular formula is C13H7FO3. The second-order valence-electron chi connectivity index (χ2n) is 3.76. The molecule has 0 aliphatic heterocycles. The summed E-state index contributed by atoms with van der Waals surface area (Å²) in [6, 6.07) is 8.87. The van der Waals surface area contributed by atoms with E-state index >= 15 is 0 Å². The van der Waals surface area contributed by atoms with Crippen molar-refractivity contribution in [3.05, 3.63) is 47.8 Å². The van der Waals surface area contributed by atoms with Crippen LogP contribution in [0.1, 0.15) is 10.4 Å². The number of halogens is 1. The van der Waals surface area contributed by atoms with Crippen LogP contribution in [0.3, 0.4) is 0 Å². The van der Waals surface area contributed by atoms with Gasteiger partial charge in [0.25, 0.3) is 0 Å². The molecule has 0 saturated heterocycles. The number of carboxylic acids is 1. The van der Waals surface area contributed by atoms with Crippen LogP contribution in [0.4, 0.5) is 4.39 Å². The van der Waals surface area contributed by atoms with Crippen LogP contribution >= 0.6 is 0 Å². The first kappa shape index (κ1) is 9.84. The van der Waals surface area contributed by atoms with Crippen molar-refractivity contribution in [2.24, 2.45) is 0 Å². The summed E-state index contributed by atoms with van der Waals surface area (Å²) in [5.74, 6) is -1.39. The minimum atomic E-state index is -1.02. The van der Waals surface area contributed by atoms with Crippen molar-refractivity contribution in [3.8, 4) is 0 Å². The zero-order valence-corrected chi connectivity index (χ0v) is 8.61. The summed E-state index contributed by atoms with van der Waals surface area (Å²) in [5.41, 5.74) is 1.02. The number of carbonyl (C=O) groups is 1. The van der Waals surface area contributed by atoms with Crippen LogP contribution in [-0.2, 0) is 0 Å². The van der Waals surface area contributed by atoms with E-state index < -0.39 is 5.97 Å². The van der Waals surface area contributed by atoms with Crippen LogP contribution in [0.2, 0.25) is 0 Å². The van der Waals surface area contributed by atoms with E-state index in [2.05, 4.69) is 0 Å². The van der Waals surface area contributed by atoms with Crippen LogP contribution in [0.15, 0.2) is 40.8 Å². The maximum absolute atomic E-state index is 13.0. The van der Waals surface area contributed by atoms with E-state index in [1.54, 1.807) is 12.1 Å². The van der Waals surface area contributed by atoms with E-state index in [1.807, 2.05) is 0 Å². The molecule has 0 atom stereocenters. The summed E-state index contributed by atoms with van der Waals surface area (Å²) < 4.78 is 18.4. The van der Waals surface area contributed by atoms with Gasteiger partial charge in [0, 0.05) is 16.8 Å². The lowest BCUT2D eigenvalue weighted by atomic mass is 10.1. The number of furan rings is 1. The van der Waals surface area contributed by atoms with Gasteiger partial charge in [0.15, 0.2) is 0 Å². The van der Waals surface area contributed by atoms with Crippen LogP contribution in [0, 0.1) is 5.82 Å². The van der Waals surface area contributed by atoms with Crippen molar-refractivity contribution in [2.75, 3.05) is 0 Å². The number of hydrogen-bond donors (Lipinski definition) is 1. The molecule has 3 rings (SSSR count). The highest BCUT2D eigenvalue weighted by molar-refractivity contribution is 6.06. The smallest absolute Gasteiger partial charge is 0.335 e. The minimum Gasteiger partial charge on any atom is -0.478 e. The van der Waals surface area contributed by atoms with Gasteiger partial charge in [0.1, 0.15) is 17.0 Å². The molecule has 0 aliphatic rings. The fourth-order valence-corrected chi connectivity index (χ4v) is 1.88. The number of fused-ring (bicyclic) bond motifs is 3. The number of rotatable bonds is 1. The first-order chi connectivity index (χ1) is 8.15. The Morgan fingerprint density at radius 1 is 1.06 bits per heavy atom. The van der Waals surface area contributed by atoms with Gasteiger partial charge in [0.05, 0.1) is 5.56 Å². The van der Waals surface area contributed by atoms with Crippen LogP contribution < -0.4 is 0 Å². The Balaban J connectivity index is 2.38. The fraction of sp³-hybridized carbons (Fsp3) is 0. The third-order valence-electron chi connectivity index (χ3n) is 2.68. The topological polar surface area (TPSA) is 50.4 Å². The average molecular weight is 230 g/mol. The average Bonchev–Trinajstić information content (AvgIpc) is 2.64. The molecule has 0 unspecified atom stereocenters. The highest BCUT2D eigenvalue weighted by Crippen LogP contribution is 2.29. The lowest BCUT2D eigenvalue weighted by molar-refractivity contribution is 0.0697. The predicted octanol–water partition coefficient (Wildman–Crippen LogP) is 3.42. The SMILES string of the molecule is O=C(O)c1ccc2c(c1)oc1cc(F)ccc12. The normalized spacial score (nSPS) is 11.1. The molecule has 3 nitrogen and oxygen atoms in total. The van der Waals surface area contributed by atoms with Gasteiger partial charge in [-0.15, -0.1) is 0 Å². The predicted molar refractivity (Wildman–Crippen MR) is 60.6 cm³/mol. The summed E-state index contributed by atoms with van der Waals surface area (Å²) in [6.07, 6.45) is 0. The Morgan fingerprint density at radius 3 is 2.41 bits per heavy atom. The van der Waals surface area contributed by atoms with Crippen molar-refractivity contribution < 1.29 is 18.7 Å². The summed E-state index contributed by atoms with van der Waals surface area (Å²) in [4.78, 5) is 10.8. The van der Waals surface area contributed by atoms with Crippen LogP contribution in [-0.4, -0.2) is 11.1 Å². The van der Waals surface area contributed by atoms with E-state index in [9.17, 15) is 9.18 Å². The number of hydrogen-bond acceptors (Lipinski definition) is 2. The lowest BCUT2D eigenvalue weighted by Crippen LogP contribution is -1.94. The summed E-state index contributed by atoms with van der Waals surface area (Å²) >= 11 is 0. The maximum Gasteiger partial charge on any atom is 0.335 e.